The number of carbonyl (C=O) groups is 2. The first-order valence-corrected chi connectivity index (χ1v) is 7.07. The number of hydrogen-bond acceptors (Lipinski definition) is 2. The van der Waals surface area contributed by atoms with Crippen molar-refractivity contribution < 1.29 is 14.7 Å². The van der Waals surface area contributed by atoms with Crippen LogP contribution >= 0.6 is 0 Å². The van der Waals surface area contributed by atoms with Crippen LogP contribution < -0.4 is 5.32 Å². The zero-order valence-corrected chi connectivity index (χ0v) is 11.9. The molecule has 1 atom stereocenters. The Bertz CT molecular complexity index is 492. The molecule has 1 aliphatic rings. The predicted molar refractivity (Wildman–Crippen MR) is 76.4 cm³/mol. The molecule has 108 valence electrons. The molecule has 0 heterocycles. The summed E-state index contributed by atoms with van der Waals surface area (Å²) in [6.45, 7) is 3.60. The lowest BCUT2D eigenvalue weighted by Gasteiger charge is -2.41. The Labute approximate surface area is 119 Å². The second-order valence-electron chi connectivity index (χ2n) is 5.84. The fourth-order valence-electron chi connectivity index (χ4n) is 2.73. The van der Waals surface area contributed by atoms with E-state index in [0.29, 0.717) is 0 Å². The summed E-state index contributed by atoms with van der Waals surface area (Å²) in [7, 11) is 0. The topological polar surface area (TPSA) is 66.4 Å². The van der Waals surface area contributed by atoms with Gasteiger partial charge in [-0.2, -0.15) is 0 Å². The van der Waals surface area contributed by atoms with Crippen molar-refractivity contribution in [1.29, 1.82) is 0 Å². The summed E-state index contributed by atoms with van der Waals surface area (Å²) in [6, 6.07) is 8.82. The quantitative estimate of drug-likeness (QED) is 0.866. The van der Waals surface area contributed by atoms with E-state index < -0.39 is 17.4 Å². The summed E-state index contributed by atoms with van der Waals surface area (Å²) in [5.74, 6) is -1.27. The van der Waals surface area contributed by atoms with Crippen molar-refractivity contribution in [2.24, 2.45) is 5.92 Å². The molecule has 1 aliphatic carbocycles. The van der Waals surface area contributed by atoms with Crippen molar-refractivity contribution in [3.05, 3.63) is 35.9 Å². The number of carboxylic acid groups (broad SMARTS) is 1. The van der Waals surface area contributed by atoms with Crippen LogP contribution in [0.1, 0.15) is 38.7 Å². The van der Waals surface area contributed by atoms with Crippen molar-refractivity contribution in [2.75, 3.05) is 0 Å². The van der Waals surface area contributed by atoms with E-state index in [4.69, 9.17) is 0 Å². The Morgan fingerprint density at radius 1 is 1.20 bits per heavy atom. The van der Waals surface area contributed by atoms with Crippen LogP contribution in [0, 0.1) is 5.92 Å². The van der Waals surface area contributed by atoms with Crippen molar-refractivity contribution in [1.82, 2.24) is 5.32 Å². The molecule has 1 amide bonds. The summed E-state index contributed by atoms with van der Waals surface area (Å²) in [5, 5.41) is 11.9. The lowest BCUT2D eigenvalue weighted by atomic mass is 9.63. The molecule has 0 saturated heterocycles. The Kier molecular flexibility index (Phi) is 4.12. The summed E-state index contributed by atoms with van der Waals surface area (Å²) >= 11 is 0. The molecule has 1 aromatic rings. The van der Waals surface area contributed by atoms with Crippen molar-refractivity contribution in [3.63, 3.8) is 0 Å². The van der Waals surface area contributed by atoms with Gasteiger partial charge in [0.1, 0.15) is 6.04 Å². The molecule has 0 spiro atoms. The SMILES string of the molecule is CC(C)C(NC(=O)C1(c2ccccc2)CCC1)C(=O)O. The molecule has 20 heavy (non-hydrogen) atoms. The Morgan fingerprint density at radius 2 is 1.80 bits per heavy atom. The van der Waals surface area contributed by atoms with Gasteiger partial charge in [-0.05, 0) is 24.3 Å². The van der Waals surface area contributed by atoms with Crippen LogP contribution in [0.5, 0.6) is 0 Å². The van der Waals surface area contributed by atoms with E-state index in [0.717, 1.165) is 24.8 Å². The monoisotopic (exact) mass is 275 g/mol. The minimum atomic E-state index is -0.976. The van der Waals surface area contributed by atoms with Crippen LogP contribution in [0.15, 0.2) is 30.3 Å². The van der Waals surface area contributed by atoms with Crippen molar-refractivity contribution in [3.8, 4) is 0 Å². The average molecular weight is 275 g/mol. The largest absolute Gasteiger partial charge is 0.480 e. The van der Waals surface area contributed by atoms with Crippen LogP contribution in [0.4, 0.5) is 0 Å². The van der Waals surface area contributed by atoms with E-state index in [1.165, 1.54) is 0 Å². The molecule has 4 nitrogen and oxygen atoms in total. The standard InChI is InChI=1S/C16H21NO3/c1-11(2)13(14(18)19)17-15(20)16(9-6-10-16)12-7-4-3-5-8-12/h3-5,7-8,11,13H,6,9-10H2,1-2H3,(H,17,20)(H,18,19). The van der Waals surface area contributed by atoms with Gasteiger partial charge in [-0.3, -0.25) is 4.79 Å². The summed E-state index contributed by atoms with van der Waals surface area (Å²) in [4.78, 5) is 23.8. The number of aliphatic carboxylic acids is 1. The number of carboxylic acids is 1. The van der Waals surface area contributed by atoms with E-state index in [-0.39, 0.29) is 11.8 Å². The van der Waals surface area contributed by atoms with Crippen LogP contribution in [0.3, 0.4) is 0 Å². The van der Waals surface area contributed by atoms with Gasteiger partial charge in [-0.25, -0.2) is 4.79 Å². The summed E-state index contributed by atoms with van der Waals surface area (Å²) in [6.07, 6.45) is 2.57. The van der Waals surface area contributed by atoms with Gasteiger partial charge in [-0.15, -0.1) is 0 Å². The van der Waals surface area contributed by atoms with Crippen molar-refractivity contribution >= 4 is 11.9 Å². The van der Waals surface area contributed by atoms with Gasteiger partial charge in [-0.1, -0.05) is 50.6 Å². The molecule has 0 aromatic heterocycles. The third kappa shape index (κ3) is 2.55. The van der Waals surface area contributed by atoms with Gasteiger partial charge in [0.15, 0.2) is 0 Å². The first-order valence-electron chi connectivity index (χ1n) is 7.07. The van der Waals surface area contributed by atoms with E-state index >= 15 is 0 Å². The number of nitrogens with one attached hydrogen (secondary N) is 1. The first-order chi connectivity index (χ1) is 9.47. The molecule has 0 radical (unpaired) electrons. The fourth-order valence-corrected chi connectivity index (χ4v) is 2.73. The van der Waals surface area contributed by atoms with E-state index in [1.54, 1.807) is 13.8 Å². The number of hydrogen-bond donors (Lipinski definition) is 2. The highest BCUT2D eigenvalue weighted by Gasteiger charge is 2.46. The van der Waals surface area contributed by atoms with E-state index in [2.05, 4.69) is 5.32 Å². The fraction of sp³-hybridized carbons (Fsp3) is 0.500. The van der Waals surface area contributed by atoms with Gasteiger partial charge in [0.2, 0.25) is 5.91 Å². The minimum absolute atomic E-state index is 0.135. The zero-order valence-electron chi connectivity index (χ0n) is 11.9. The van der Waals surface area contributed by atoms with E-state index in [9.17, 15) is 14.7 Å². The maximum absolute atomic E-state index is 12.6. The Hall–Kier alpha value is -1.84. The molecular weight excluding hydrogens is 254 g/mol. The third-order valence-corrected chi connectivity index (χ3v) is 4.19. The number of carbonyl (C=O) groups excluding carboxylic acids is 1. The molecule has 4 heteroatoms. The highest BCUT2D eigenvalue weighted by Crippen LogP contribution is 2.44. The second kappa shape index (κ2) is 5.65. The highest BCUT2D eigenvalue weighted by atomic mass is 16.4. The lowest BCUT2D eigenvalue weighted by molar-refractivity contribution is -0.144. The molecule has 2 rings (SSSR count). The molecule has 1 saturated carbocycles. The van der Waals surface area contributed by atoms with Gasteiger partial charge in [0.05, 0.1) is 5.41 Å². The molecule has 2 N–H and O–H groups in total. The molecular formula is C16H21NO3. The molecule has 0 aliphatic heterocycles. The molecule has 1 fully saturated rings. The molecule has 1 unspecified atom stereocenters. The van der Waals surface area contributed by atoms with Gasteiger partial charge >= 0.3 is 5.97 Å². The lowest BCUT2D eigenvalue weighted by Crippen LogP contribution is -2.55. The van der Waals surface area contributed by atoms with Gasteiger partial charge < -0.3 is 10.4 Å². The Morgan fingerprint density at radius 3 is 2.20 bits per heavy atom. The molecule has 1 aromatic carbocycles. The summed E-state index contributed by atoms with van der Waals surface area (Å²) in [5.41, 5.74) is 0.445. The average Bonchev–Trinajstić information content (AvgIpc) is 2.35. The predicted octanol–water partition coefficient (Wildman–Crippen LogP) is 2.33. The third-order valence-electron chi connectivity index (χ3n) is 4.19. The zero-order chi connectivity index (χ0) is 14.8. The Balaban J connectivity index is 2.20. The summed E-state index contributed by atoms with van der Waals surface area (Å²) < 4.78 is 0. The maximum Gasteiger partial charge on any atom is 0.326 e. The van der Waals surface area contributed by atoms with Crippen LogP contribution in [-0.2, 0) is 15.0 Å². The normalized spacial score (nSPS) is 18.1. The number of benzene rings is 1. The van der Waals surface area contributed by atoms with Crippen molar-refractivity contribution in [2.45, 2.75) is 44.6 Å². The van der Waals surface area contributed by atoms with Crippen LogP contribution in [0.2, 0.25) is 0 Å². The smallest absolute Gasteiger partial charge is 0.326 e. The maximum atomic E-state index is 12.6. The van der Waals surface area contributed by atoms with Gasteiger partial charge in [0, 0.05) is 0 Å². The number of amides is 1. The highest BCUT2D eigenvalue weighted by molar-refractivity contribution is 5.92. The van der Waals surface area contributed by atoms with Gasteiger partial charge in [0.25, 0.3) is 0 Å². The molecule has 0 bridgehead atoms. The minimum Gasteiger partial charge on any atom is -0.480 e. The van der Waals surface area contributed by atoms with E-state index in [1.807, 2.05) is 30.3 Å². The number of rotatable bonds is 5. The second-order valence-corrected chi connectivity index (χ2v) is 5.84. The first kappa shape index (κ1) is 14.6. The van der Waals surface area contributed by atoms with Crippen LogP contribution in [0.25, 0.3) is 0 Å². The van der Waals surface area contributed by atoms with Crippen LogP contribution in [-0.4, -0.2) is 23.0 Å².